The van der Waals surface area contributed by atoms with Gasteiger partial charge < -0.3 is 24.3 Å². The van der Waals surface area contributed by atoms with Crippen molar-refractivity contribution in [3.8, 4) is 11.5 Å². The molecule has 0 fully saturated rings. The van der Waals surface area contributed by atoms with Crippen molar-refractivity contribution >= 4 is 6.09 Å². The number of carbonyl (C=O) groups excluding carboxylic acids is 1. The molecule has 3 aromatic carbocycles. The minimum atomic E-state index is -0.530. The van der Waals surface area contributed by atoms with E-state index in [1.165, 1.54) is 12.8 Å². The van der Waals surface area contributed by atoms with Gasteiger partial charge in [-0.2, -0.15) is 0 Å². The number of rotatable bonds is 18. The van der Waals surface area contributed by atoms with Crippen molar-refractivity contribution in [2.24, 2.45) is 0 Å². The second-order valence-electron chi connectivity index (χ2n) is 11.3. The van der Waals surface area contributed by atoms with Crippen molar-refractivity contribution in [3.63, 3.8) is 0 Å². The Morgan fingerprint density at radius 3 is 1.83 bits per heavy atom. The maximum Gasteiger partial charge on any atom is 0.407 e. The number of benzene rings is 3. The van der Waals surface area contributed by atoms with Gasteiger partial charge in [0.05, 0.1) is 19.3 Å². The minimum Gasteiger partial charge on any atom is -0.494 e. The Labute approximate surface area is 246 Å². The fraction of sp³-hybridized carbons (Fsp3) is 0.457. The van der Waals surface area contributed by atoms with Crippen molar-refractivity contribution in [2.45, 2.75) is 84.0 Å². The summed E-state index contributed by atoms with van der Waals surface area (Å²) in [6.07, 6.45) is 7.00. The molecule has 3 aromatic rings. The van der Waals surface area contributed by atoms with E-state index in [0.717, 1.165) is 54.9 Å². The van der Waals surface area contributed by atoms with Crippen LogP contribution in [0.15, 0.2) is 84.9 Å². The quantitative estimate of drug-likeness (QED) is 0.159. The van der Waals surface area contributed by atoms with Gasteiger partial charge in [-0.3, -0.25) is 0 Å². The van der Waals surface area contributed by atoms with E-state index in [0.29, 0.717) is 26.2 Å². The zero-order chi connectivity index (χ0) is 29.2. The summed E-state index contributed by atoms with van der Waals surface area (Å²) in [5.41, 5.74) is 1.78. The number of alkyl carbamates (subject to hydrolysis) is 1. The van der Waals surface area contributed by atoms with Gasteiger partial charge in [-0.05, 0) is 75.4 Å². The van der Waals surface area contributed by atoms with E-state index in [1.54, 1.807) is 0 Å². The van der Waals surface area contributed by atoms with Gasteiger partial charge in [0.1, 0.15) is 23.7 Å². The van der Waals surface area contributed by atoms with Crippen LogP contribution < -0.4 is 14.8 Å². The van der Waals surface area contributed by atoms with Gasteiger partial charge in [-0.15, -0.1) is 0 Å². The van der Waals surface area contributed by atoms with E-state index < -0.39 is 11.7 Å². The zero-order valence-electron chi connectivity index (χ0n) is 25.0. The summed E-state index contributed by atoms with van der Waals surface area (Å²) in [5, 5.41) is 2.97. The molecule has 0 saturated carbocycles. The maximum atomic E-state index is 12.3. The molecule has 1 amide bonds. The van der Waals surface area contributed by atoms with E-state index >= 15 is 0 Å². The molecule has 0 aromatic heterocycles. The highest BCUT2D eigenvalue weighted by molar-refractivity contribution is 5.68. The van der Waals surface area contributed by atoms with Gasteiger partial charge in [0.15, 0.2) is 0 Å². The number of ether oxygens (including phenoxy) is 4. The predicted octanol–water partition coefficient (Wildman–Crippen LogP) is 8.14. The molecule has 0 aliphatic rings. The highest BCUT2D eigenvalue weighted by atomic mass is 16.6. The van der Waals surface area contributed by atoms with Crippen LogP contribution in [0.3, 0.4) is 0 Å². The molecule has 0 heterocycles. The van der Waals surface area contributed by atoms with Gasteiger partial charge in [0.2, 0.25) is 0 Å². The first-order chi connectivity index (χ1) is 19.9. The Bertz CT molecular complexity index is 1100. The molecule has 1 atom stereocenters. The monoisotopic (exact) mass is 561 g/mol. The summed E-state index contributed by atoms with van der Waals surface area (Å²) < 4.78 is 23.1. The van der Waals surface area contributed by atoms with Crippen molar-refractivity contribution < 1.29 is 23.7 Å². The average molecular weight is 562 g/mol. The lowest BCUT2D eigenvalue weighted by atomic mass is 10.1. The highest BCUT2D eigenvalue weighted by Gasteiger charge is 2.20. The Kier molecular flexibility index (Phi) is 14.1. The maximum absolute atomic E-state index is 12.3. The summed E-state index contributed by atoms with van der Waals surface area (Å²) in [4.78, 5) is 12.3. The van der Waals surface area contributed by atoms with Crippen LogP contribution in [0, 0.1) is 0 Å². The van der Waals surface area contributed by atoms with Crippen LogP contribution in [0.4, 0.5) is 4.79 Å². The summed E-state index contributed by atoms with van der Waals surface area (Å²) in [6.45, 7) is 8.04. The second-order valence-corrected chi connectivity index (χ2v) is 11.3. The normalized spacial score (nSPS) is 12.0. The lowest BCUT2D eigenvalue weighted by Crippen LogP contribution is -2.42. The first-order valence-corrected chi connectivity index (χ1v) is 14.9. The summed E-state index contributed by atoms with van der Waals surface area (Å²) in [7, 11) is 0. The minimum absolute atomic E-state index is 0.134. The van der Waals surface area contributed by atoms with Gasteiger partial charge in [0, 0.05) is 6.61 Å². The molecule has 0 spiro atoms. The van der Waals surface area contributed by atoms with Crippen molar-refractivity contribution in [1.29, 1.82) is 0 Å². The number of hydrogen-bond acceptors (Lipinski definition) is 5. The Balaban J connectivity index is 1.21. The number of nitrogens with one attached hydrogen (secondary N) is 1. The predicted molar refractivity (Wildman–Crippen MR) is 165 cm³/mol. The van der Waals surface area contributed by atoms with Crippen LogP contribution in [0.5, 0.6) is 11.5 Å². The lowest BCUT2D eigenvalue weighted by Gasteiger charge is -2.24. The molecule has 0 aliphatic heterocycles. The summed E-state index contributed by atoms with van der Waals surface area (Å²) in [5.74, 6) is 1.72. The van der Waals surface area contributed by atoms with E-state index in [-0.39, 0.29) is 6.04 Å². The molecule has 222 valence electrons. The zero-order valence-corrected chi connectivity index (χ0v) is 25.0. The fourth-order valence-corrected chi connectivity index (χ4v) is 4.33. The molecule has 0 radical (unpaired) electrons. The third kappa shape index (κ3) is 14.6. The molecule has 41 heavy (non-hydrogen) atoms. The smallest absolute Gasteiger partial charge is 0.407 e. The second kappa shape index (κ2) is 18.0. The van der Waals surface area contributed by atoms with Gasteiger partial charge in [0.25, 0.3) is 0 Å². The van der Waals surface area contributed by atoms with E-state index in [4.69, 9.17) is 18.9 Å². The van der Waals surface area contributed by atoms with Crippen LogP contribution in [0.1, 0.15) is 70.4 Å². The molecule has 1 N–H and O–H groups in total. The van der Waals surface area contributed by atoms with Gasteiger partial charge >= 0.3 is 6.09 Å². The molecule has 6 heteroatoms. The van der Waals surface area contributed by atoms with Crippen LogP contribution in [-0.4, -0.2) is 37.6 Å². The average Bonchev–Trinajstić information content (AvgIpc) is 2.95. The van der Waals surface area contributed by atoms with E-state index in [2.05, 4.69) is 29.6 Å². The first-order valence-electron chi connectivity index (χ1n) is 14.9. The summed E-state index contributed by atoms with van der Waals surface area (Å²) >= 11 is 0. The first kappa shape index (κ1) is 32.0. The SMILES string of the molecule is CC(C)(C)OC(=O)NC(COCCCCCCCCOc1ccc(OCc2ccccc2)cc1)Cc1ccccc1. The third-order valence-electron chi connectivity index (χ3n) is 6.39. The van der Waals surface area contributed by atoms with Gasteiger partial charge in [-0.25, -0.2) is 4.79 Å². The number of carbonyl (C=O) groups is 1. The standard InChI is InChI=1S/C35H47NO5/c1-35(2,3)41-34(37)36-31(26-29-16-10-8-11-17-29)28-38-24-14-6-4-5-7-15-25-39-32-20-22-33(23-21-32)40-27-30-18-12-9-13-19-30/h8-13,16-23,31H,4-7,14-15,24-28H2,1-3H3,(H,36,37). The molecule has 0 saturated heterocycles. The Morgan fingerprint density at radius 1 is 0.683 bits per heavy atom. The van der Waals surface area contributed by atoms with Crippen molar-refractivity contribution in [1.82, 2.24) is 5.32 Å². The van der Waals surface area contributed by atoms with E-state index in [1.807, 2.05) is 81.4 Å². The highest BCUT2D eigenvalue weighted by Crippen LogP contribution is 2.19. The molecule has 0 aliphatic carbocycles. The van der Waals surface area contributed by atoms with E-state index in [9.17, 15) is 4.79 Å². The topological polar surface area (TPSA) is 66.0 Å². The molecule has 6 nitrogen and oxygen atoms in total. The molecule has 0 bridgehead atoms. The molecular formula is C35H47NO5. The van der Waals surface area contributed by atoms with Crippen molar-refractivity contribution in [2.75, 3.05) is 19.8 Å². The number of unbranched alkanes of at least 4 members (excludes halogenated alkanes) is 5. The molecule has 3 rings (SSSR count). The van der Waals surface area contributed by atoms with Crippen LogP contribution in [-0.2, 0) is 22.5 Å². The molecule has 1 unspecified atom stereocenters. The van der Waals surface area contributed by atoms with Crippen molar-refractivity contribution in [3.05, 3.63) is 96.1 Å². The molecular weight excluding hydrogens is 514 g/mol. The summed E-state index contributed by atoms with van der Waals surface area (Å²) in [6, 6.07) is 28.0. The fourth-order valence-electron chi connectivity index (χ4n) is 4.33. The van der Waals surface area contributed by atoms with Crippen LogP contribution >= 0.6 is 0 Å². The largest absolute Gasteiger partial charge is 0.494 e. The third-order valence-corrected chi connectivity index (χ3v) is 6.39. The number of amides is 1. The Morgan fingerprint density at radius 2 is 1.22 bits per heavy atom. The van der Waals surface area contributed by atoms with Crippen LogP contribution in [0.25, 0.3) is 0 Å². The lowest BCUT2D eigenvalue weighted by molar-refractivity contribution is 0.0440. The number of hydrogen-bond donors (Lipinski definition) is 1. The van der Waals surface area contributed by atoms with Crippen LogP contribution in [0.2, 0.25) is 0 Å². The van der Waals surface area contributed by atoms with Gasteiger partial charge in [-0.1, -0.05) is 86.3 Å². The Hall–Kier alpha value is -3.51.